The molecule has 1 aliphatic heterocycles. The van der Waals surface area contributed by atoms with Gasteiger partial charge in [0.15, 0.2) is 6.54 Å². The number of fused-ring (bicyclic) bond motifs is 2. The van der Waals surface area contributed by atoms with Crippen LogP contribution in [0.15, 0.2) is 46.3 Å². The minimum Gasteiger partial charge on any atom is -0.335 e. The average Bonchev–Trinajstić information content (AvgIpc) is 3.21. The summed E-state index contributed by atoms with van der Waals surface area (Å²) in [5.74, 6) is 1.76. The number of benzene rings is 2. The van der Waals surface area contributed by atoms with Crippen LogP contribution in [0.25, 0.3) is 16.3 Å². The lowest BCUT2D eigenvalue weighted by Gasteiger charge is -2.20. The van der Waals surface area contributed by atoms with Gasteiger partial charge in [0.05, 0.1) is 16.8 Å². The molecule has 4 rings (SSSR count). The number of aryl methyl sites for hydroxylation is 2. The van der Waals surface area contributed by atoms with Crippen molar-refractivity contribution < 1.29 is 4.57 Å². The number of halogens is 1. The van der Waals surface area contributed by atoms with Gasteiger partial charge in [0.25, 0.3) is 5.01 Å². The van der Waals surface area contributed by atoms with Crippen LogP contribution in [-0.2, 0) is 6.54 Å². The molecule has 1 aliphatic rings. The maximum Gasteiger partial charge on any atom is 0.265 e. The molecule has 0 N–H and O–H groups in total. The molecule has 0 atom stereocenters. The number of anilines is 1. The number of nitrogens with zero attached hydrogens (tertiary/aromatic N) is 2. The molecule has 7 heteroatoms. The van der Waals surface area contributed by atoms with E-state index >= 15 is 0 Å². The Morgan fingerprint density at radius 3 is 2.72 bits per heavy atom. The van der Waals surface area contributed by atoms with Gasteiger partial charge < -0.3 is 4.90 Å². The van der Waals surface area contributed by atoms with Crippen LogP contribution >= 0.6 is 60.0 Å². The van der Waals surface area contributed by atoms with Crippen molar-refractivity contribution in [1.29, 1.82) is 0 Å². The van der Waals surface area contributed by atoms with E-state index in [0.717, 1.165) is 42.5 Å². The van der Waals surface area contributed by atoms with Crippen LogP contribution in [0.2, 0.25) is 5.02 Å². The predicted octanol–water partition coefficient (Wildman–Crippen LogP) is 6.70. The topological polar surface area (TPSA) is 7.12 Å². The van der Waals surface area contributed by atoms with Crippen LogP contribution in [0.5, 0.6) is 0 Å². The summed E-state index contributed by atoms with van der Waals surface area (Å²) in [7, 11) is 0. The van der Waals surface area contributed by atoms with Gasteiger partial charge in [0.1, 0.15) is 4.70 Å². The van der Waals surface area contributed by atoms with Gasteiger partial charge in [-0.3, -0.25) is 0 Å². The summed E-state index contributed by atoms with van der Waals surface area (Å²) in [4.78, 5) is 3.77. The summed E-state index contributed by atoms with van der Waals surface area (Å²) >= 11 is 18.8. The van der Waals surface area contributed by atoms with Crippen molar-refractivity contribution in [2.75, 3.05) is 23.0 Å². The van der Waals surface area contributed by atoms with E-state index in [0.29, 0.717) is 0 Å². The highest BCUT2D eigenvalue weighted by Gasteiger charge is 2.27. The lowest BCUT2D eigenvalue weighted by Crippen LogP contribution is -2.35. The van der Waals surface area contributed by atoms with Crippen molar-refractivity contribution in [3.8, 4) is 0 Å². The molecule has 152 valence electrons. The molecule has 0 spiro atoms. The minimum absolute atomic E-state index is 0.780. The molecular weight excluding hydrogens is 456 g/mol. The first-order valence-electron chi connectivity index (χ1n) is 9.72. The van der Waals surface area contributed by atoms with Crippen LogP contribution in [0.3, 0.4) is 0 Å². The highest BCUT2D eigenvalue weighted by atomic mass is 35.5. The summed E-state index contributed by atoms with van der Waals surface area (Å²) in [6, 6.07) is 12.9. The Balaban J connectivity index is 1.78. The number of rotatable bonds is 7. The zero-order valence-corrected chi connectivity index (χ0v) is 20.4. The van der Waals surface area contributed by atoms with Crippen molar-refractivity contribution in [3.63, 3.8) is 0 Å². The highest BCUT2D eigenvalue weighted by Crippen LogP contribution is 2.47. The van der Waals surface area contributed by atoms with E-state index in [1.54, 1.807) is 0 Å². The van der Waals surface area contributed by atoms with E-state index in [1.807, 2.05) is 29.2 Å². The molecular formula is C22H24ClN2S4+. The van der Waals surface area contributed by atoms with Crippen molar-refractivity contribution >= 4 is 81.9 Å². The molecule has 0 amide bonds. The summed E-state index contributed by atoms with van der Waals surface area (Å²) in [5.41, 5.74) is 3.81. The van der Waals surface area contributed by atoms with E-state index in [-0.39, 0.29) is 0 Å². The van der Waals surface area contributed by atoms with Crippen LogP contribution < -0.4 is 9.47 Å². The van der Waals surface area contributed by atoms with Gasteiger partial charge >= 0.3 is 0 Å². The van der Waals surface area contributed by atoms with Crippen LogP contribution in [0.4, 0.5) is 5.69 Å². The fourth-order valence-electron chi connectivity index (χ4n) is 3.52. The first-order chi connectivity index (χ1) is 14.1. The molecule has 0 fully saturated rings. The molecule has 0 unspecified atom stereocenters. The third-order valence-corrected chi connectivity index (χ3v) is 8.00. The number of aromatic nitrogens is 1. The Labute approximate surface area is 196 Å². The Morgan fingerprint density at radius 2 is 1.93 bits per heavy atom. The van der Waals surface area contributed by atoms with Crippen molar-refractivity contribution in [1.82, 2.24) is 0 Å². The first kappa shape index (κ1) is 21.4. The Hall–Kier alpha value is -0.790. The number of thiazole rings is 1. The molecule has 0 radical (unpaired) electrons. The van der Waals surface area contributed by atoms with Crippen LogP contribution in [0.1, 0.15) is 23.4 Å². The van der Waals surface area contributed by atoms with Crippen LogP contribution in [-0.4, -0.2) is 18.1 Å². The van der Waals surface area contributed by atoms with E-state index in [9.17, 15) is 0 Å². The monoisotopic (exact) mass is 479 g/mol. The molecule has 1 aromatic heterocycles. The number of hydrogen-bond donors (Lipinski definition) is 2. The first-order valence-corrected chi connectivity index (χ1v) is 13.0. The fourth-order valence-corrected chi connectivity index (χ4v) is 6.26. The second kappa shape index (κ2) is 9.56. The number of hydrogen-bond acceptors (Lipinski definition) is 5. The van der Waals surface area contributed by atoms with Crippen molar-refractivity contribution in [2.45, 2.75) is 31.2 Å². The standard InChI is InChI=1S/C22H23ClN2S4/c1-15-4-6-19-17(12-15)24(8-2-10-26)21(28-19)14-22-25(9-3-11-27)18-13-16(23)5-7-20(18)29-22/h4-7,12-14H,2-3,8-11H2,1H3,(H-,26,27)/p+1. The summed E-state index contributed by atoms with van der Waals surface area (Å²) in [6.07, 6.45) is 4.42. The number of thiol groups is 2. The predicted molar refractivity (Wildman–Crippen MR) is 136 cm³/mol. The summed E-state index contributed by atoms with van der Waals surface area (Å²) < 4.78 is 3.65. The summed E-state index contributed by atoms with van der Waals surface area (Å²) in [6.45, 7) is 4.08. The fraction of sp³-hybridized carbons (Fsp3) is 0.318. The van der Waals surface area contributed by atoms with Gasteiger partial charge in [-0.25, -0.2) is 0 Å². The van der Waals surface area contributed by atoms with Gasteiger partial charge in [-0.1, -0.05) is 40.8 Å². The zero-order chi connectivity index (χ0) is 20.4. The maximum absolute atomic E-state index is 6.30. The maximum atomic E-state index is 6.30. The Bertz CT molecular complexity index is 1060. The SMILES string of the molecule is Cc1ccc2c(c1)N(CCCS)/C(=C/c1sc3ccc(Cl)cc3[n+]1CCCS)S2. The Kier molecular flexibility index (Phi) is 7.07. The van der Waals surface area contributed by atoms with E-state index in [1.165, 1.54) is 36.4 Å². The molecule has 29 heavy (non-hydrogen) atoms. The van der Waals surface area contributed by atoms with Crippen LogP contribution in [0, 0.1) is 6.92 Å². The lowest BCUT2D eigenvalue weighted by atomic mass is 10.2. The molecule has 0 aliphatic carbocycles. The molecule has 3 aromatic rings. The zero-order valence-electron chi connectivity index (χ0n) is 16.3. The Morgan fingerprint density at radius 1 is 1.10 bits per heavy atom. The lowest BCUT2D eigenvalue weighted by molar-refractivity contribution is -0.668. The molecule has 0 saturated heterocycles. The third kappa shape index (κ3) is 4.62. The smallest absolute Gasteiger partial charge is 0.265 e. The van der Waals surface area contributed by atoms with Gasteiger partial charge in [0, 0.05) is 29.0 Å². The van der Waals surface area contributed by atoms with Gasteiger partial charge in [0.2, 0.25) is 5.52 Å². The normalized spacial score (nSPS) is 14.9. The molecule has 2 heterocycles. The highest BCUT2D eigenvalue weighted by molar-refractivity contribution is 8.03. The minimum atomic E-state index is 0.780. The molecule has 2 nitrogen and oxygen atoms in total. The van der Waals surface area contributed by atoms with Crippen molar-refractivity contribution in [2.24, 2.45) is 0 Å². The third-order valence-electron chi connectivity index (χ3n) is 4.90. The molecule has 2 aromatic carbocycles. The van der Waals surface area contributed by atoms with E-state index < -0.39 is 0 Å². The molecule has 0 bridgehead atoms. The van der Waals surface area contributed by atoms with Gasteiger partial charge in [-0.2, -0.15) is 29.8 Å². The quantitative estimate of drug-likeness (QED) is 0.287. The van der Waals surface area contributed by atoms with Gasteiger partial charge in [-0.15, -0.1) is 0 Å². The van der Waals surface area contributed by atoms with E-state index in [2.05, 4.69) is 78.1 Å². The average molecular weight is 480 g/mol. The summed E-state index contributed by atoms with van der Waals surface area (Å²) in [5, 5.41) is 3.32. The largest absolute Gasteiger partial charge is 0.335 e. The second-order valence-corrected chi connectivity index (χ2v) is 10.5. The second-order valence-electron chi connectivity index (χ2n) is 7.07. The molecule has 0 saturated carbocycles. The van der Waals surface area contributed by atoms with Crippen molar-refractivity contribution in [3.05, 3.63) is 57.0 Å². The van der Waals surface area contributed by atoms with E-state index in [4.69, 9.17) is 11.6 Å². The van der Waals surface area contributed by atoms with Gasteiger partial charge in [-0.05, 0) is 54.7 Å². The number of thioether (sulfide) groups is 1.